The molecule has 3 rings (SSSR count). The molecular formula is C18H20Cl2N2O3S2. The molecule has 0 spiro atoms. The van der Waals surface area contributed by atoms with Crippen LogP contribution in [-0.4, -0.2) is 36.6 Å². The predicted molar refractivity (Wildman–Crippen MR) is 108 cm³/mol. The molecule has 1 saturated heterocycles. The maximum absolute atomic E-state index is 12.8. The van der Waals surface area contributed by atoms with Crippen LogP contribution in [0.4, 0.5) is 0 Å². The highest BCUT2D eigenvalue weighted by Crippen LogP contribution is 2.28. The first-order chi connectivity index (χ1) is 12.8. The fourth-order valence-corrected chi connectivity index (χ4v) is 6.17. The van der Waals surface area contributed by atoms with Crippen molar-refractivity contribution in [2.75, 3.05) is 13.1 Å². The van der Waals surface area contributed by atoms with Crippen LogP contribution >= 0.6 is 34.5 Å². The molecular weight excluding hydrogens is 427 g/mol. The smallest absolute Gasteiger partial charge is 0.243 e. The number of halogens is 2. The fraction of sp³-hybridized carbons (Fsp3) is 0.444. The summed E-state index contributed by atoms with van der Waals surface area (Å²) < 4.78 is 27.0. The normalized spacial score (nSPS) is 16.6. The van der Waals surface area contributed by atoms with E-state index in [0.29, 0.717) is 38.8 Å². The molecule has 146 valence electrons. The van der Waals surface area contributed by atoms with E-state index >= 15 is 0 Å². The molecule has 5 nitrogen and oxygen atoms in total. The summed E-state index contributed by atoms with van der Waals surface area (Å²) in [6, 6.07) is 4.29. The molecule has 9 heteroatoms. The van der Waals surface area contributed by atoms with Gasteiger partial charge in [-0.3, -0.25) is 4.79 Å². The number of benzene rings is 1. The number of piperidine rings is 1. The quantitative estimate of drug-likeness (QED) is 0.660. The highest BCUT2D eigenvalue weighted by Gasteiger charge is 2.32. The van der Waals surface area contributed by atoms with Gasteiger partial charge in [-0.2, -0.15) is 4.31 Å². The Balaban J connectivity index is 1.58. The second-order valence-electron chi connectivity index (χ2n) is 6.63. The van der Waals surface area contributed by atoms with Gasteiger partial charge in [-0.25, -0.2) is 13.4 Å². The molecule has 0 atom stereocenters. The van der Waals surface area contributed by atoms with Gasteiger partial charge in [0, 0.05) is 53.0 Å². The predicted octanol–water partition coefficient (Wildman–Crippen LogP) is 4.36. The van der Waals surface area contributed by atoms with Crippen LogP contribution in [0.15, 0.2) is 28.5 Å². The number of sulfonamides is 1. The van der Waals surface area contributed by atoms with Crippen LogP contribution in [0.3, 0.4) is 0 Å². The van der Waals surface area contributed by atoms with Crippen LogP contribution in [0.2, 0.25) is 10.0 Å². The third-order valence-electron chi connectivity index (χ3n) is 4.63. The zero-order valence-corrected chi connectivity index (χ0v) is 18.0. The van der Waals surface area contributed by atoms with Crippen LogP contribution in [0, 0.1) is 12.8 Å². The molecule has 2 heterocycles. The lowest BCUT2D eigenvalue weighted by molar-refractivity contribution is -0.123. The molecule has 1 aromatic heterocycles. The maximum atomic E-state index is 12.8. The first kappa shape index (κ1) is 20.7. The van der Waals surface area contributed by atoms with E-state index in [2.05, 4.69) is 4.98 Å². The summed E-state index contributed by atoms with van der Waals surface area (Å²) in [4.78, 5) is 16.9. The molecule has 1 aliphatic heterocycles. The van der Waals surface area contributed by atoms with E-state index in [9.17, 15) is 13.2 Å². The summed E-state index contributed by atoms with van der Waals surface area (Å²) in [5, 5.41) is 3.51. The van der Waals surface area contributed by atoms with Crippen molar-refractivity contribution < 1.29 is 13.2 Å². The summed E-state index contributed by atoms with van der Waals surface area (Å²) in [6.45, 7) is 2.57. The van der Waals surface area contributed by atoms with Gasteiger partial charge in [0.1, 0.15) is 5.78 Å². The summed E-state index contributed by atoms with van der Waals surface area (Å²) in [7, 11) is -3.66. The van der Waals surface area contributed by atoms with Crippen molar-refractivity contribution in [3.8, 4) is 0 Å². The van der Waals surface area contributed by atoms with Crippen molar-refractivity contribution in [1.82, 2.24) is 9.29 Å². The summed E-state index contributed by atoms with van der Waals surface area (Å²) in [5.41, 5.74) is 0.974. The molecule has 2 aromatic rings. The number of aromatic nitrogens is 1. The molecule has 0 aliphatic carbocycles. The topological polar surface area (TPSA) is 67.3 Å². The Labute approximate surface area is 173 Å². The van der Waals surface area contributed by atoms with Gasteiger partial charge in [-0.1, -0.05) is 23.2 Å². The highest BCUT2D eigenvalue weighted by atomic mass is 35.5. The number of hydrogen-bond acceptors (Lipinski definition) is 5. The summed E-state index contributed by atoms with van der Waals surface area (Å²) in [6.07, 6.45) is 2.16. The van der Waals surface area contributed by atoms with Crippen LogP contribution in [-0.2, 0) is 21.2 Å². The Bertz CT molecular complexity index is 916. The second-order valence-corrected chi connectivity index (χ2v) is 10.4. The molecule has 27 heavy (non-hydrogen) atoms. The first-order valence-electron chi connectivity index (χ1n) is 8.65. The Kier molecular flexibility index (Phi) is 6.58. The van der Waals surface area contributed by atoms with Crippen molar-refractivity contribution in [2.24, 2.45) is 5.92 Å². The minimum absolute atomic E-state index is 0.0870. The minimum atomic E-state index is -3.66. The minimum Gasteiger partial charge on any atom is -0.299 e. The molecule has 1 fully saturated rings. The van der Waals surface area contributed by atoms with Crippen LogP contribution in [0.1, 0.15) is 30.0 Å². The lowest BCUT2D eigenvalue weighted by Gasteiger charge is -2.30. The highest BCUT2D eigenvalue weighted by molar-refractivity contribution is 7.89. The average molecular weight is 447 g/mol. The second kappa shape index (κ2) is 8.57. The van der Waals surface area contributed by atoms with E-state index in [4.69, 9.17) is 23.2 Å². The molecule has 1 aromatic carbocycles. The third kappa shape index (κ3) is 5.09. The third-order valence-corrected chi connectivity index (χ3v) is 7.97. The van der Waals surface area contributed by atoms with Gasteiger partial charge in [0.2, 0.25) is 10.0 Å². The number of Topliss-reactive ketones (excluding diaryl/α,β-unsaturated/α-hetero) is 1. The fourth-order valence-electron chi connectivity index (χ4n) is 3.20. The SMILES string of the molecule is Cc1csc(CCC(=O)C2CCN(S(=O)(=O)c3cc(Cl)cc(Cl)c3)CC2)n1. The lowest BCUT2D eigenvalue weighted by atomic mass is 9.91. The van der Waals surface area contributed by atoms with E-state index in [1.165, 1.54) is 22.5 Å². The standard InChI is InChI=1S/C18H20Cl2N2O3S2/c1-12-11-26-18(21-12)3-2-17(23)13-4-6-22(7-5-13)27(24,25)16-9-14(19)8-15(20)10-16/h8-11,13H,2-7H2,1H3. The molecule has 0 radical (unpaired) electrons. The van der Waals surface area contributed by atoms with Crippen LogP contribution < -0.4 is 0 Å². The van der Waals surface area contributed by atoms with Crippen LogP contribution in [0.25, 0.3) is 0 Å². The molecule has 0 unspecified atom stereocenters. The van der Waals surface area contributed by atoms with Crippen molar-refractivity contribution in [3.63, 3.8) is 0 Å². The van der Waals surface area contributed by atoms with Crippen molar-refractivity contribution in [3.05, 3.63) is 44.3 Å². The Morgan fingerprint density at radius 3 is 2.41 bits per heavy atom. The number of carbonyl (C=O) groups is 1. The number of nitrogens with zero attached hydrogens (tertiary/aromatic N) is 2. The van der Waals surface area contributed by atoms with Gasteiger partial charge in [-0.05, 0) is 38.0 Å². The summed E-state index contributed by atoms with van der Waals surface area (Å²) in [5.74, 6) is 0.0890. The molecule has 1 aliphatic rings. The van der Waals surface area contributed by atoms with E-state index in [0.717, 1.165) is 10.7 Å². The molecule has 0 amide bonds. The largest absolute Gasteiger partial charge is 0.299 e. The number of rotatable bonds is 6. The molecule has 0 bridgehead atoms. The molecule has 0 saturated carbocycles. The first-order valence-corrected chi connectivity index (χ1v) is 11.7. The van der Waals surface area contributed by atoms with Gasteiger partial charge < -0.3 is 0 Å². The summed E-state index contributed by atoms with van der Waals surface area (Å²) >= 11 is 13.4. The van der Waals surface area contributed by atoms with Gasteiger partial charge in [0.05, 0.1) is 9.90 Å². The van der Waals surface area contributed by atoms with Gasteiger partial charge in [0.15, 0.2) is 0 Å². The van der Waals surface area contributed by atoms with E-state index in [-0.39, 0.29) is 26.6 Å². The molecule has 0 N–H and O–H groups in total. The van der Waals surface area contributed by atoms with E-state index in [1.54, 1.807) is 11.3 Å². The Morgan fingerprint density at radius 1 is 1.22 bits per heavy atom. The van der Waals surface area contributed by atoms with Crippen molar-refractivity contribution in [2.45, 2.75) is 37.5 Å². The van der Waals surface area contributed by atoms with Gasteiger partial charge >= 0.3 is 0 Å². The maximum Gasteiger partial charge on any atom is 0.243 e. The van der Waals surface area contributed by atoms with E-state index in [1.807, 2.05) is 12.3 Å². The lowest BCUT2D eigenvalue weighted by Crippen LogP contribution is -2.40. The number of ketones is 1. The van der Waals surface area contributed by atoms with Crippen molar-refractivity contribution in [1.29, 1.82) is 0 Å². The zero-order chi connectivity index (χ0) is 19.6. The number of hydrogen-bond donors (Lipinski definition) is 0. The van der Waals surface area contributed by atoms with Crippen molar-refractivity contribution >= 4 is 50.3 Å². The zero-order valence-electron chi connectivity index (χ0n) is 14.8. The van der Waals surface area contributed by atoms with Gasteiger partial charge in [-0.15, -0.1) is 11.3 Å². The Morgan fingerprint density at radius 2 is 1.85 bits per heavy atom. The Hall–Kier alpha value is -0.990. The number of thiazole rings is 1. The van der Waals surface area contributed by atoms with E-state index < -0.39 is 10.0 Å². The monoisotopic (exact) mass is 446 g/mol. The van der Waals surface area contributed by atoms with Crippen LogP contribution in [0.5, 0.6) is 0 Å². The number of aryl methyl sites for hydroxylation is 2. The average Bonchev–Trinajstić information content (AvgIpc) is 3.04. The number of carbonyl (C=O) groups excluding carboxylic acids is 1. The van der Waals surface area contributed by atoms with Gasteiger partial charge in [0.25, 0.3) is 0 Å².